The number of rotatable bonds is 6. The van der Waals surface area contributed by atoms with Gasteiger partial charge in [-0.2, -0.15) is 5.26 Å². The lowest BCUT2D eigenvalue weighted by Crippen LogP contribution is -2.14. The molecule has 4 nitrogen and oxygen atoms in total. The summed E-state index contributed by atoms with van der Waals surface area (Å²) in [6.07, 6.45) is 1.53. The second kappa shape index (κ2) is 9.59. The topological polar surface area (TPSA) is 62.1 Å². The Morgan fingerprint density at radius 1 is 1.07 bits per heavy atom. The van der Waals surface area contributed by atoms with Gasteiger partial charge in [-0.25, -0.2) is 0 Å². The number of amides is 1. The molecular formula is C24H19ClN2O2. The van der Waals surface area contributed by atoms with Gasteiger partial charge in [0.2, 0.25) is 0 Å². The highest BCUT2D eigenvalue weighted by Crippen LogP contribution is 2.26. The lowest BCUT2D eigenvalue weighted by Gasteiger charge is -2.10. The molecule has 0 aromatic heterocycles. The van der Waals surface area contributed by atoms with Crippen molar-refractivity contribution in [3.05, 3.63) is 100 Å². The number of aryl methyl sites for hydroxylation is 1. The van der Waals surface area contributed by atoms with Crippen LogP contribution in [0, 0.1) is 18.3 Å². The van der Waals surface area contributed by atoms with E-state index in [1.807, 2.05) is 49.4 Å². The van der Waals surface area contributed by atoms with Crippen LogP contribution in [0.5, 0.6) is 5.75 Å². The molecule has 0 bridgehead atoms. The Bertz CT molecular complexity index is 1050. The fourth-order valence-electron chi connectivity index (χ4n) is 2.69. The van der Waals surface area contributed by atoms with Gasteiger partial charge in [0.25, 0.3) is 5.91 Å². The van der Waals surface area contributed by atoms with Crippen LogP contribution in [0.15, 0.2) is 78.4 Å². The van der Waals surface area contributed by atoms with Crippen LogP contribution < -0.4 is 10.1 Å². The molecule has 3 aromatic carbocycles. The van der Waals surface area contributed by atoms with Gasteiger partial charge in [0.05, 0.1) is 10.7 Å². The van der Waals surface area contributed by atoms with Crippen molar-refractivity contribution in [2.75, 3.05) is 5.32 Å². The van der Waals surface area contributed by atoms with E-state index in [9.17, 15) is 10.1 Å². The molecule has 1 amide bonds. The van der Waals surface area contributed by atoms with Crippen molar-refractivity contribution in [3.63, 3.8) is 0 Å². The zero-order valence-electron chi connectivity index (χ0n) is 15.9. The summed E-state index contributed by atoms with van der Waals surface area (Å²) in [5, 5.41) is 12.5. The predicted molar refractivity (Wildman–Crippen MR) is 116 cm³/mol. The van der Waals surface area contributed by atoms with E-state index in [2.05, 4.69) is 5.32 Å². The molecule has 0 spiro atoms. The molecule has 0 aliphatic carbocycles. The SMILES string of the molecule is Cc1cccc(Cl)c1NC(=O)/C(C#N)=C/c1ccc(OCc2ccccc2)cc1. The fourth-order valence-corrected chi connectivity index (χ4v) is 2.96. The van der Waals surface area contributed by atoms with E-state index < -0.39 is 5.91 Å². The van der Waals surface area contributed by atoms with E-state index in [0.29, 0.717) is 23.1 Å². The number of hydrogen-bond acceptors (Lipinski definition) is 3. The molecule has 0 fully saturated rings. The molecule has 0 saturated heterocycles. The Morgan fingerprint density at radius 3 is 2.45 bits per heavy atom. The number of nitrogens with one attached hydrogen (secondary N) is 1. The average Bonchev–Trinajstić information content (AvgIpc) is 2.74. The first-order valence-electron chi connectivity index (χ1n) is 9.02. The molecule has 0 heterocycles. The number of carbonyl (C=O) groups is 1. The number of ether oxygens (including phenoxy) is 1. The number of nitrogens with zero attached hydrogens (tertiary/aromatic N) is 1. The minimum atomic E-state index is -0.506. The van der Waals surface area contributed by atoms with Gasteiger partial charge >= 0.3 is 0 Å². The van der Waals surface area contributed by atoms with Crippen LogP contribution in [0.2, 0.25) is 5.02 Å². The van der Waals surface area contributed by atoms with Gasteiger partial charge in [0.1, 0.15) is 24.0 Å². The van der Waals surface area contributed by atoms with E-state index >= 15 is 0 Å². The number of halogens is 1. The third-order valence-electron chi connectivity index (χ3n) is 4.26. The molecule has 144 valence electrons. The summed E-state index contributed by atoms with van der Waals surface area (Å²) in [5.74, 6) is 0.203. The zero-order valence-corrected chi connectivity index (χ0v) is 16.6. The first-order chi connectivity index (χ1) is 14.1. The summed E-state index contributed by atoms with van der Waals surface area (Å²) in [4.78, 5) is 12.5. The number of hydrogen-bond donors (Lipinski definition) is 1. The van der Waals surface area contributed by atoms with E-state index in [4.69, 9.17) is 16.3 Å². The molecule has 0 aliphatic heterocycles. The molecule has 3 aromatic rings. The van der Waals surface area contributed by atoms with Crippen molar-refractivity contribution in [2.45, 2.75) is 13.5 Å². The summed E-state index contributed by atoms with van der Waals surface area (Å²) in [5.41, 5.74) is 3.12. The van der Waals surface area contributed by atoms with Crippen LogP contribution in [-0.2, 0) is 11.4 Å². The number of nitriles is 1. The van der Waals surface area contributed by atoms with Gasteiger partial charge in [-0.15, -0.1) is 0 Å². The van der Waals surface area contributed by atoms with Gasteiger partial charge < -0.3 is 10.1 Å². The van der Waals surface area contributed by atoms with Gasteiger partial charge in [0, 0.05) is 0 Å². The molecule has 3 rings (SSSR count). The molecule has 1 N–H and O–H groups in total. The lowest BCUT2D eigenvalue weighted by molar-refractivity contribution is -0.112. The Hall–Kier alpha value is -3.55. The fraction of sp³-hybridized carbons (Fsp3) is 0.0833. The molecule has 0 radical (unpaired) electrons. The van der Waals surface area contributed by atoms with Gasteiger partial charge in [-0.1, -0.05) is 66.2 Å². The quantitative estimate of drug-likeness (QED) is 0.420. The highest BCUT2D eigenvalue weighted by molar-refractivity contribution is 6.34. The van der Waals surface area contributed by atoms with E-state index in [1.165, 1.54) is 6.08 Å². The highest BCUT2D eigenvalue weighted by Gasteiger charge is 2.13. The lowest BCUT2D eigenvalue weighted by atomic mass is 10.1. The van der Waals surface area contributed by atoms with Crippen molar-refractivity contribution in [3.8, 4) is 11.8 Å². The molecule has 0 atom stereocenters. The Kier molecular flexibility index (Phi) is 6.67. The minimum Gasteiger partial charge on any atom is -0.489 e. The van der Waals surface area contributed by atoms with Crippen molar-refractivity contribution in [1.82, 2.24) is 0 Å². The van der Waals surface area contributed by atoms with Crippen LogP contribution in [0.25, 0.3) is 6.08 Å². The summed E-state index contributed by atoms with van der Waals surface area (Å²) < 4.78 is 5.75. The third-order valence-corrected chi connectivity index (χ3v) is 4.58. The van der Waals surface area contributed by atoms with E-state index in [-0.39, 0.29) is 5.57 Å². The summed E-state index contributed by atoms with van der Waals surface area (Å²) in [6, 6.07) is 24.4. The van der Waals surface area contributed by atoms with Gasteiger partial charge in [-0.3, -0.25) is 4.79 Å². The largest absolute Gasteiger partial charge is 0.489 e. The number of para-hydroxylation sites is 1. The Morgan fingerprint density at radius 2 is 1.79 bits per heavy atom. The first kappa shape index (κ1) is 20.2. The minimum absolute atomic E-state index is 0.0118. The number of benzene rings is 3. The normalized spacial score (nSPS) is 10.9. The summed E-state index contributed by atoms with van der Waals surface area (Å²) in [6.45, 7) is 2.31. The smallest absolute Gasteiger partial charge is 0.266 e. The van der Waals surface area contributed by atoms with Crippen molar-refractivity contribution in [1.29, 1.82) is 5.26 Å². The van der Waals surface area contributed by atoms with Crippen LogP contribution in [0.3, 0.4) is 0 Å². The standard InChI is InChI=1S/C24H19ClN2O2/c1-17-6-5-9-22(25)23(17)27-24(28)20(15-26)14-18-10-12-21(13-11-18)29-16-19-7-3-2-4-8-19/h2-14H,16H2,1H3,(H,27,28)/b20-14+. The summed E-state index contributed by atoms with van der Waals surface area (Å²) >= 11 is 6.14. The average molecular weight is 403 g/mol. The van der Waals surface area contributed by atoms with E-state index in [1.54, 1.807) is 36.4 Å². The monoisotopic (exact) mass is 402 g/mol. The molecule has 0 unspecified atom stereocenters. The van der Waals surface area contributed by atoms with Crippen LogP contribution >= 0.6 is 11.6 Å². The van der Waals surface area contributed by atoms with Crippen LogP contribution in [-0.4, -0.2) is 5.91 Å². The van der Waals surface area contributed by atoms with Crippen molar-refractivity contribution < 1.29 is 9.53 Å². The van der Waals surface area contributed by atoms with E-state index in [0.717, 1.165) is 16.7 Å². The molecule has 5 heteroatoms. The first-order valence-corrected chi connectivity index (χ1v) is 9.39. The van der Waals surface area contributed by atoms with Crippen LogP contribution in [0.4, 0.5) is 5.69 Å². The van der Waals surface area contributed by atoms with Crippen LogP contribution in [0.1, 0.15) is 16.7 Å². The maximum atomic E-state index is 12.5. The maximum Gasteiger partial charge on any atom is 0.266 e. The molecule has 0 saturated carbocycles. The third kappa shape index (κ3) is 5.47. The molecular weight excluding hydrogens is 384 g/mol. The second-order valence-electron chi connectivity index (χ2n) is 6.40. The van der Waals surface area contributed by atoms with Crippen molar-refractivity contribution in [2.24, 2.45) is 0 Å². The Balaban J connectivity index is 1.68. The maximum absolute atomic E-state index is 12.5. The molecule has 29 heavy (non-hydrogen) atoms. The predicted octanol–water partition coefficient (Wildman–Crippen LogP) is 5.77. The number of anilines is 1. The Labute approximate surface area is 175 Å². The number of carbonyl (C=O) groups excluding carboxylic acids is 1. The van der Waals surface area contributed by atoms with Crippen molar-refractivity contribution >= 4 is 29.3 Å². The second-order valence-corrected chi connectivity index (χ2v) is 6.81. The zero-order chi connectivity index (χ0) is 20.6. The highest BCUT2D eigenvalue weighted by atomic mass is 35.5. The molecule has 0 aliphatic rings. The summed E-state index contributed by atoms with van der Waals surface area (Å²) in [7, 11) is 0. The van der Waals surface area contributed by atoms with Gasteiger partial charge in [-0.05, 0) is 47.9 Å². The van der Waals surface area contributed by atoms with Gasteiger partial charge in [0.15, 0.2) is 0 Å².